The number of piperidine rings is 1. The Morgan fingerprint density at radius 3 is 2.19 bits per heavy atom. The highest BCUT2D eigenvalue weighted by Gasteiger charge is 2.32. The smallest absolute Gasteiger partial charge is 0.243 e. The van der Waals surface area contributed by atoms with E-state index in [2.05, 4.69) is 30.9 Å². The van der Waals surface area contributed by atoms with E-state index < -0.39 is 10.0 Å². The van der Waals surface area contributed by atoms with Crippen LogP contribution in [0.25, 0.3) is 11.4 Å². The summed E-state index contributed by atoms with van der Waals surface area (Å²) in [4.78, 5) is 4.89. The van der Waals surface area contributed by atoms with Crippen molar-refractivity contribution in [1.82, 2.24) is 14.4 Å². The fourth-order valence-corrected chi connectivity index (χ4v) is 5.35. The van der Waals surface area contributed by atoms with Crippen LogP contribution in [0.4, 0.5) is 0 Å². The van der Waals surface area contributed by atoms with E-state index >= 15 is 0 Å². The van der Waals surface area contributed by atoms with Gasteiger partial charge in [-0.25, -0.2) is 8.42 Å². The molecular weight excluding hydrogens is 426 g/mol. The standard InChI is InChI=1S/C24H29N3O4S/c1-24(2,3)19-7-11-21(12-8-19)32(28,29)27-15-13-18(14-16-27)23-25-22(26-31-23)17-5-9-20(30-4)10-6-17/h5-12,18H,13-16H2,1-4H3. The second-order valence-corrected chi connectivity index (χ2v) is 11.1. The summed E-state index contributed by atoms with van der Waals surface area (Å²) in [7, 11) is -1.90. The molecule has 1 aliphatic rings. The SMILES string of the molecule is COc1ccc(-c2noc(C3CCN(S(=O)(=O)c4ccc(C(C)(C)C)cc4)CC3)n2)cc1. The highest BCUT2D eigenvalue weighted by Crippen LogP contribution is 2.32. The number of benzene rings is 2. The summed E-state index contributed by atoms with van der Waals surface area (Å²) < 4.78 is 38.4. The Morgan fingerprint density at radius 2 is 1.62 bits per heavy atom. The maximum Gasteiger partial charge on any atom is 0.243 e. The zero-order valence-electron chi connectivity index (χ0n) is 18.9. The Hall–Kier alpha value is -2.71. The summed E-state index contributed by atoms with van der Waals surface area (Å²) in [5, 5.41) is 4.10. The van der Waals surface area contributed by atoms with Gasteiger partial charge < -0.3 is 9.26 Å². The summed E-state index contributed by atoms with van der Waals surface area (Å²) in [6.45, 7) is 7.18. The fourth-order valence-electron chi connectivity index (χ4n) is 3.88. The summed E-state index contributed by atoms with van der Waals surface area (Å²) in [6.07, 6.45) is 1.28. The number of methoxy groups -OCH3 is 1. The van der Waals surface area contributed by atoms with E-state index in [1.54, 1.807) is 23.5 Å². The highest BCUT2D eigenvalue weighted by atomic mass is 32.2. The number of hydrogen-bond acceptors (Lipinski definition) is 6. The van der Waals surface area contributed by atoms with Gasteiger partial charge in [-0.1, -0.05) is 38.1 Å². The molecule has 0 N–H and O–H groups in total. The minimum absolute atomic E-state index is 0.0185. The third-order valence-corrected chi connectivity index (χ3v) is 7.86. The predicted octanol–water partition coefficient (Wildman–Crippen LogP) is 4.61. The molecule has 170 valence electrons. The molecule has 3 aromatic rings. The summed E-state index contributed by atoms with van der Waals surface area (Å²) in [6, 6.07) is 14.7. The average molecular weight is 456 g/mol. The first-order valence-electron chi connectivity index (χ1n) is 10.8. The molecule has 2 aromatic carbocycles. The molecule has 0 bridgehead atoms. The van der Waals surface area contributed by atoms with Gasteiger partial charge in [0.1, 0.15) is 5.75 Å². The zero-order valence-corrected chi connectivity index (χ0v) is 19.7. The Kier molecular flexibility index (Phi) is 6.09. The molecule has 1 aliphatic heterocycles. The molecule has 1 fully saturated rings. The molecule has 1 saturated heterocycles. The molecule has 0 atom stereocenters. The van der Waals surface area contributed by atoms with E-state index in [-0.39, 0.29) is 11.3 Å². The van der Waals surface area contributed by atoms with Crippen molar-refractivity contribution < 1.29 is 17.7 Å². The van der Waals surface area contributed by atoms with Crippen molar-refractivity contribution in [2.75, 3.05) is 20.2 Å². The number of aromatic nitrogens is 2. The second-order valence-electron chi connectivity index (χ2n) is 9.14. The van der Waals surface area contributed by atoms with Crippen molar-refractivity contribution >= 4 is 10.0 Å². The lowest BCUT2D eigenvalue weighted by Crippen LogP contribution is -2.38. The van der Waals surface area contributed by atoms with Gasteiger partial charge in [-0.05, 0) is 60.2 Å². The van der Waals surface area contributed by atoms with Crippen molar-refractivity contribution in [3.8, 4) is 17.1 Å². The first-order chi connectivity index (χ1) is 15.2. The van der Waals surface area contributed by atoms with Crippen LogP contribution in [-0.4, -0.2) is 43.1 Å². The molecular formula is C24H29N3O4S. The van der Waals surface area contributed by atoms with E-state index in [1.807, 2.05) is 36.4 Å². The molecule has 0 unspecified atom stereocenters. The molecule has 0 amide bonds. The van der Waals surface area contributed by atoms with Crippen LogP contribution in [0.3, 0.4) is 0 Å². The van der Waals surface area contributed by atoms with Gasteiger partial charge in [-0.3, -0.25) is 0 Å². The largest absolute Gasteiger partial charge is 0.497 e. The lowest BCUT2D eigenvalue weighted by atomic mass is 9.87. The van der Waals surface area contributed by atoms with Crippen molar-refractivity contribution in [1.29, 1.82) is 0 Å². The second kappa shape index (κ2) is 8.67. The number of sulfonamides is 1. The molecule has 32 heavy (non-hydrogen) atoms. The average Bonchev–Trinajstić information content (AvgIpc) is 3.29. The summed E-state index contributed by atoms with van der Waals surface area (Å²) in [5.41, 5.74) is 1.94. The lowest BCUT2D eigenvalue weighted by Gasteiger charge is -2.29. The van der Waals surface area contributed by atoms with E-state index in [1.165, 1.54) is 0 Å². The van der Waals surface area contributed by atoms with Gasteiger partial charge in [-0.15, -0.1) is 0 Å². The topological polar surface area (TPSA) is 85.5 Å². The van der Waals surface area contributed by atoms with Crippen LogP contribution in [-0.2, 0) is 15.4 Å². The zero-order chi connectivity index (χ0) is 22.9. The first-order valence-corrected chi connectivity index (χ1v) is 12.2. The van der Waals surface area contributed by atoms with Crippen LogP contribution in [0.1, 0.15) is 51.0 Å². The quantitative estimate of drug-likeness (QED) is 0.558. The van der Waals surface area contributed by atoms with E-state index in [0.717, 1.165) is 16.9 Å². The van der Waals surface area contributed by atoms with Crippen molar-refractivity contribution in [2.24, 2.45) is 0 Å². The van der Waals surface area contributed by atoms with Crippen LogP contribution in [0.15, 0.2) is 57.9 Å². The van der Waals surface area contributed by atoms with Crippen LogP contribution in [0.2, 0.25) is 0 Å². The number of hydrogen-bond donors (Lipinski definition) is 0. The van der Waals surface area contributed by atoms with E-state index in [0.29, 0.717) is 42.5 Å². The van der Waals surface area contributed by atoms with Gasteiger partial charge in [0.2, 0.25) is 21.7 Å². The Labute approximate surface area is 189 Å². The third kappa shape index (κ3) is 4.56. The number of nitrogens with zero attached hydrogens (tertiary/aromatic N) is 3. The third-order valence-electron chi connectivity index (χ3n) is 5.95. The van der Waals surface area contributed by atoms with Crippen LogP contribution < -0.4 is 4.74 Å². The van der Waals surface area contributed by atoms with E-state index in [9.17, 15) is 8.42 Å². The first kappa shape index (κ1) is 22.5. The summed E-state index contributed by atoms with van der Waals surface area (Å²) >= 11 is 0. The maximum absolute atomic E-state index is 13.1. The minimum atomic E-state index is -3.52. The van der Waals surface area contributed by atoms with Crippen LogP contribution in [0, 0.1) is 0 Å². The number of rotatable bonds is 5. The highest BCUT2D eigenvalue weighted by molar-refractivity contribution is 7.89. The lowest BCUT2D eigenvalue weighted by molar-refractivity contribution is 0.271. The number of ether oxygens (including phenoxy) is 1. The molecule has 0 spiro atoms. The van der Waals surface area contributed by atoms with Crippen molar-refractivity contribution in [3.05, 3.63) is 60.0 Å². The van der Waals surface area contributed by atoms with Gasteiger partial charge in [0, 0.05) is 24.6 Å². The minimum Gasteiger partial charge on any atom is -0.497 e. The molecule has 0 radical (unpaired) electrons. The van der Waals surface area contributed by atoms with Gasteiger partial charge >= 0.3 is 0 Å². The molecule has 2 heterocycles. The van der Waals surface area contributed by atoms with Crippen molar-refractivity contribution in [2.45, 2.75) is 49.8 Å². The van der Waals surface area contributed by atoms with Crippen LogP contribution >= 0.6 is 0 Å². The predicted molar refractivity (Wildman–Crippen MR) is 122 cm³/mol. The monoisotopic (exact) mass is 455 g/mol. The molecule has 0 saturated carbocycles. The summed E-state index contributed by atoms with van der Waals surface area (Å²) in [5.74, 6) is 1.89. The van der Waals surface area contributed by atoms with E-state index in [4.69, 9.17) is 9.26 Å². The molecule has 8 heteroatoms. The maximum atomic E-state index is 13.1. The molecule has 0 aliphatic carbocycles. The molecule has 4 rings (SSSR count). The van der Waals surface area contributed by atoms with Gasteiger partial charge in [0.05, 0.1) is 12.0 Å². The van der Waals surface area contributed by atoms with Gasteiger partial charge in [0.25, 0.3) is 0 Å². The molecule has 7 nitrogen and oxygen atoms in total. The Morgan fingerprint density at radius 1 is 1.00 bits per heavy atom. The Bertz CT molecular complexity index is 1160. The molecule has 1 aromatic heterocycles. The van der Waals surface area contributed by atoms with Crippen LogP contribution in [0.5, 0.6) is 5.75 Å². The van der Waals surface area contributed by atoms with Crippen molar-refractivity contribution in [3.63, 3.8) is 0 Å². The normalized spacial score (nSPS) is 16.2. The van der Waals surface area contributed by atoms with Gasteiger partial charge in [0.15, 0.2) is 0 Å². The Balaban J connectivity index is 1.42. The van der Waals surface area contributed by atoms with Gasteiger partial charge in [-0.2, -0.15) is 9.29 Å². The fraction of sp³-hybridized carbons (Fsp3) is 0.417.